The number of pyridine rings is 1. The predicted molar refractivity (Wildman–Crippen MR) is 124 cm³/mol. The fourth-order valence-electron chi connectivity index (χ4n) is 3.51. The highest BCUT2D eigenvalue weighted by Crippen LogP contribution is 2.32. The first-order chi connectivity index (χ1) is 16.9. The second kappa shape index (κ2) is 9.55. The van der Waals surface area contributed by atoms with Gasteiger partial charge >= 0.3 is 6.18 Å². The van der Waals surface area contributed by atoms with Crippen molar-refractivity contribution in [2.75, 3.05) is 36.5 Å². The van der Waals surface area contributed by atoms with Crippen molar-refractivity contribution in [1.82, 2.24) is 19.9 Å². The number of anilines is 3. The number of nitrogens with zero attached hydrogens (tertiary/aromatic N) is 5. The Kier molecular flexibility index (Phi) is 6.31. The Balaban J connectivity index is 1.32. The van der Waals surface area contributed by atoms with Gasteiger partial charge in [0.2, 0.25) is 0 Å². The number of thiazole rings is 1. The SMILES string of the molecule is Fc1cnc(-c2nc(-c3ccc(Nc4cccc(C(F)(F)F)c4)cn3)cs2)nc1N1CCOCC1. The number of alkyl halides is 3. The highest BCUT2D eigenvalue weighted by molar-refractivity contribution is 7.13. The highest BCUT2D eigenvalue weighted by atomic mass is 32.1. The lowest BCUT2D eigenvalue weighted by Crippen LogP contribution is -2.37. The molecule has 0 aliphatic carbocycles. The Morgan fingerprint density at radius 1 is 0.943 bits per heavy atom. The Morgan fingerprint density at radius 2 is 1.77 bits per heavy atom. The van der Waals surface area contributed by atoms with Gasteiger partial charge in [0.1, 0.15) is 5.69 Å². The van der Waals surface area contributed by atoms with Crippen LogP contribution in [-0.4, -0.2) is 46.2 Å². The molecule has 4 heterocycles. The molecule has 0 unspecified atom stereocenters. The number of hydrogen-bond acceptors (Lipinski definition) is 8. The summed E-state index contributed by atoms with van der Waals surface area (Å²) in [5.41, 5.74) is 1.24. The number of aromatic nitrogens is 4. The van der Waals surface area contributed by atoms with E-state index in [-0.39, 0.29) is 5.82 Å². The Bertz CT molecular complexity index is 1320. The van der Waals surface area contributed by atoms with E-state index in [1.807, 2.05) is 4.90 Å². The lowest BCUT2D eigenvalue weighted by molar-refractivity contribution is -0.137. The molecule has 1 aliphatic rings. The maximum atomic E-state index is 14.3. The topological polar surface area (TPSA) is 76.1 Å². The molecule has 1 N–H and O–H groups in total. The standard InChI is InChI=1S/C23H18F4N6OS/c24-17-12-29-20(32-21(17)33-6-8-34-9-7-33)22-31-19(13-35-22)18-5-4-16(11-28-18)30-15-3-1-2-14(10-15)23(25,26)27/h1-5,10-13,30H,6-9H2. The first kappa shape index (κ1) is 23.1. The second-order valence-corrected chi connectivity index (χ2v) is 8.50. The van der Waals surface area contributed by atoms with Crippen LogP contribution in [0.25, 0.3) is 22.2 Å². The molecule has 35 heavy (non-hydrogen) atoms. The monoisotopic (exact) mass is 502 g/mol. The van der Waals surface area contributed by atoms with Gasteiger partial charge in [0.15, 0.2) is 22.5 Å². The molecule has 5 rings (SSSR count). The summed E-state index contributed by atoms with van der Waals surface area (Å²) in [6.07, 6.45) is -1.76. The van der Waals surface area contributed by atoms with Gasteiger partial charge in [0.25, 0.3) is 0 Å². The molecule has 0 amide bonds. The van der Waals surface area contributed by atoms with Crippen LogP contribution in [0.4, 0.5) is 34.8 Å². The molecule has 0 radical (unpaired) electrons. The number of nitrogens with one attached hydrogen (secondary N) is 1. The highest BCUT2D eigenvalue weighted by Gasteiger charge is 2.30. The number of ether oxygens (including phenoxy) is 1. The van der Waals surface area contributed by atoms with Gasteiger partial charge in [-0.25, -0.2) is 19.3 Å². The van der Waals surface area contributed by atoms with E-state index >= 15 is 0 Å². The van der Waals surface area contributed by atoms with E-state index in [1.165, 1.54) is 23.6 Å². The van der Waals surface area contributed by atoms with Crippen molar-refractivity contribution >= 4 is 28.5 Å². The van der Waals surface area contributed by atoms with Crippen LogP contribution in [0.2, 0.25) is 0 Å². The summed E-state index contributed by atoms with van der Waals surface area (Å²) in [5.74, 6) is 0.0307. The molecule has 1 aliphatic heterocycles. The van der Waals surface area contributed by atoms with Gasteiger partial charge < -0.3 is 15.0 Å². The molecule has 3 aromatic heterocycles. The minimum atomic E-state index is -4.42. The fourth-order valence-corrected chi connectivity index (χ4v) is 4.26. The van der Waals surface area contributed by atoms with Crippen molar-refractivity contribution in [2.24, 2.45) is 0 Å². The maximum Gasteiger partial charge on any atom is 0.416 e. The lowest BCUT2D eigenvalue weighted by Gasteiger charge is -2.27. The molecule has 0 atom stereocenters. The zero-order valence-corrected chi connectivity index (χ0v) is 18.9. The average molecular weight is 502 g/mol. The van der Waals surface area contributed by atoms with E-state index in [4.69, 9.17) is 4.74 Å². The van der Waals surface area contributed by atoms with Gasteiger partial charge in [-0.1, -0.05) is 6.07 Å². The van der Waals surface area contributed by atoms with Crippen molar-refractivity contribution < 1.29 is 22.3 Å². The van der Waals surface area contributed by atoms with Crippen LogP contribution >= 0.6 is 11.3 Å². The number of hydrogen-bond donors (Lipinski definition) is 1. The van der Waals surface area contributed by atoms with E-state index in [9.17, 15) is 17.6 Å². The zero-order valence-electron chi connectivity index (χ0n) is 18.1. The second-order valence-electron chi connectivity index (χ2n) is 7.64. The van der Waals surface area contributed by atoms with Crippen molar-refractivity contribution in [3.8, 4) is 22.2 Å². The Morgan fingerprint density at radius 3 is 2.51 bits per heavy atom. The quantitative estimate of drug-likeness (QED) is 0.366. The first-order valence-electron chi connectivity index (χ1n) is 10.6. The molecule has 0 spiro atoms. The summed E-state index contributed by atoms with van der Waals surface area (Å²) >= 11 is 1.31. The minimum absolute atomic E-state index is 0.221. The zero-order chi connectivity index (χ0) is 24.4. The van der Waals surface area contributed by atoms with Crippen LogP contribution in [0.1, 0.15) is 5.56 Å². The third kappa shape index (κ3) is 5.23. The maximum absolute atomic E-state index is 14.3. The van der Waals surface area contributed by atoms with E-state index in [0.717, 1.165) is 18.3 Å². The molecule has 12 heteroatoms. The normalized spacial score (nSPS) is 14.2. The van der Waals surface area contributed by atoms with Crippen molar-refractivity contribution in [3.05, 3.63) is 65.6 Å². The first-order valence-corrected chi connectivity index (χ1v) is 11.5. The van der Waals surface area contributed by atoms with E-state index in [0.29, 0.717) is 59.9 Å². The van der Waals surface area contributed by atoms with Crippen LogP contribution in [0.3, 0.4) is 0 Å². The predicted octanol–water partition coefficient (Wildman–Crippen LogP) is 5.40. The molecule has 180 valence electrons. The summed E-state index contributed by atoms with van der Waals surface area (Å²) in [6.45, 7) is 2.09. The van der Waals surface area contributed by atoms with Gasteiger partial charge in [-0.15, -0.1) is 11.3 Å². The molecule has 0 bridgehead atoms. The molecule has 4 aromatic rings. The molecule has 1 saturated heterocycles. The largest absolute Gasteiger partial charge is 0.416 e. The smallest absolute Gasteiger partial charge is 0.378 e. The summed E-state index contributed by atoms with van der Waals surface area (Å²) in [5, 5.41) is 5.23. The van der Waals surface area contributed by atoms with Crippen molar-refractivity contribution in [2.45, 2.75) is 6.18 Å². The van der Waals surface area contributed by atoms with Gasteiger partial charge in [0.05, 0.1) is 42.6 Å². The van der Waals surface area contributed by atoms with Crippen LogP contribution in [0.15, 0.2) is 54.2 Å². The van der Waals surface area contributed by atoms with Crippen LogP contribution in [0, 0.1) is 5.82 Å². The molecular weight excluding hydrogens is 484 g/mol. The number of morpholine rings is 1. The van der Waals surface area contributed by atoms with Gasteiger partial charge in [-0.05, 0) is 30.3 Å². The fraction of sp³-hybridized carbons (Fsp3) is 0.217. The van der Waals surface area contributed by atoms with Gasteiger partial charge in [-0.3, -0.25) is 4.98 Å². The molecular formula is C23H18F4N6OS. The van der Waals surface area contributed by atoms with E-state index in [1.54, 1.807) is 23.6 Å². The van der Waals surface area contributed by atoms with E-state index < -0.39 is 17.6 Å². The van der Waals surface area contributed by atoms with Crippen LogP contribution in [-0.2, 0) is 10.9 Å². The summed E-state index contributed by atoms with van der Waals surface area (Å²) in [4.78, 5) is 19.2. The van der Waals surface area contributed by atoms with Gasteiger partial charge in [0, 0.05) is 24.2 Å². The number of benzene rings is 1. The molecule has 0 saturated carbocycles. The molecule has 7 nitrogen and oxygen atoms in total. The summed E-state index contributed by atoms with van der Waals surface area (Å²) in [7, 11) is 0. The molecule has 1 fully saturated rings. The number of rotatable bonds is 5. The lowest BCUT2D eigenvalue weighted by atomic mass is 10.2. The summed E-state index contributed by atoms with van der Waals surface area (Å²) in [6, 6.07) is 8.34. The molecule has 1 aromatic carbocycles. The van der Waals surface area contributed by atoms with Crippen LogP contribution < -0.4 is 10.2 Å². The Labute approximate surface area is 201 Å². The third-order valence-corrected chi connectivity index (χ3v) is 6.07. The number of halogens is 4. The van der Waals surface area contributed by atoms with Crippen molar-refractivity contribution in [1.29, 1.82) is 0 Å². The van der Waals surface area contributed by atoms with Crippen molar-refractivity contribution in [3.63, 3.8) is 0 Å². The third-order valence-electron chi connectivity index (χ3n) is 5.24. The summed E-state index contributed by atoms with van der Waals surface area (Å²) < 4.78 is 58.4. The average Bonchev–Trinajstić information content (AvgIpc) is 3.35. The van der Waals surface area contributed by atoms with E-state index in [2.05, 4.69) is 25.3 Å². The minimum Gasteiger partial charge on any atom is -0.378 e. The van der Waals surface area contributed by atoms with Gasteiger partial charge in [-0.2, -0.15) is 13.2 Å². The van der Waals surface area contributed by atoms with Crippen LogP contribution in [0.5, 0.6) is 0 Å². The Hall–Kier alpha value is -3.64.